The molecule has 0 fully saturated rings. The zero-order valence-corrected chi connectivity index (χ0v) is 11.5. The van der Waals surface area contributed by atoms with Gasteiger partial charge >= 0.3 is 0 Å². The van der Waals surface area contributed by atoms with Gasteiger partial charge in [0, 0.05) is 11.1 Å². The predicted octanol–water partition coefficient (Wildman–Crippen LogP) is 3.10. The largest absolute Gasteiger partial charge is 0.334 e. The van der Waals surface area contributed by atoms with Crippen LogP contribution in [0.2, 0.25) is 5.02 Å². The standard InChI is InChI=1S/C12H13ClN4O3/c1-2-3-9(14)11-15-12(20-16-11)8-5-4-7(13)6-10(8)17(18)19/h4-6,9H,2-3,14H2,1H3. The average Bonchev–Trinajstić information content (AvgIpc) is 2.88. The number of nitro groups is 1. The molecule has 1 heterocycles. The van der Waals surface area contributed by atoms with Crippen molar-refractivity contribution >= 4 is 17.3 Å². The fraction of sp³-hybridized carbons (Fsp3) is 0.333. The highest BCUT2D eigenvalue weighted by atomic mass is 35.5. The van der Waals surface area contributed by atoms with Gasteiger partial charge in [0.2, 0.25) is 0 Å². The molecule has 0 bridgehead atoms. The maximum absolute atomic E-state index is 11.0. The summed E-state index contributed by atoms with van der Waals surface area (Å²) in [5.74, 6) is 0.404. The second kappa shape index (κ2) is 5.98. The molecule has 1 unspecified atom stereocenters. The molecular weight excluding hydrogens is 284 g/mol. The molecule has 0 amide bonds. The molecule has 2 N–H and O–H groups in total. The summed E-state index contributed by atoms with van der Waals surface area (Å²) >= 11 is 5.75. The SMILES string of the molecule is CCCC(N)c1noc(-c2ccc(Cl)cc2[N+](=O)[O-])n1. The van der Waals surface area contributed by atoms with Gasteiger partial charge in [-0.05, 0) is 18.6 Å². The molecule has 0 aliphatic heterocycles. The second-order valence-electron chi connectivity index (χ2n) is 4.27. The van der Waals surface area contributed by atoms with Crippen LogP contribution in [0.5, 0.6) is 0 Å². The second-order valence-corrected chi connectivity index (χ2v) is 4.71. The van der Waals surface area contributed by atoms with Gasteiger partial charge < -0.3 is 10.3 Å². The summed E-state index contributed by atoms with van der Waals surface area (Å²) in [5.41, 5.74) is 5.92. The van der Waals surface area contributed by atoms with Crippen LogP contribution >= 0.6 is 11.6 Å². The van der Waals surface area contributed by atoms with E-state index in [1.165, 1.54) is 18.2 Å². The lowest BCUT2D eigenvalue weighted by Gasteiger charge is -2.02. The molecule has 0 saturated heterocycles. The Morgan fingerprint density at radius 2 is 2.30 bits per heavy atom. The molecule has 0 radical (unpaired) electrons. The van der Waals surface area contributed by atoms with E-state index in [-0.39, 0.29) is 28.2 Å². The molecule has 7 nitrogen and oxygen atoms in total. The first-order valence-electron chi connectivity index (χ1n) is 6.06. The molecule has 2 rings (SSSR count). The Hall–Kier alpha value is -1.99. The van der Waals surface area contributed by atoms with Crippen molar-refractivity contribution in [3.63, 3.8) is 0 Å². The summed E-state index contributed by atoms with van der Waals surface area (Å²) in [7, 11) is 0. The minimum absolute atomic E-state index is 0.0647. The van der Waals surface area contributed by atoms with Gasteiger partial charge in [-0.1, -0.05) is 30.1 Å². The third kappa shape index (κ3) is 2.94. The predicted molar refractivity (Wildman–Crippen MR) is 73.2 cm³/mol. The van der Waals surface area contributed by atoms with E-state index in [0.717, 1.165) is 6.42 Å². The molecule has 20 heavy (non-hydrogen) atoms. The number of hydrogen-bond donors (Lipinski definition) is 1. The van der Waals surface area contributed by atoms with E-state index >= 15 is 0 Å². The molecule has 0 aliphatic carbocycles. The number of halogens is 1. The summed E-state index contributed by atoms with van der Waals surface area (Å²) in [5, 5.41) is 15.1. The van der Waals surface area contributed by atoms with E-state index in [1.807, 2.05) is 6.92 Å². The molecule has 0 saturated carbocycles. The summed E-state index contributed by atoms with van der Waals surface area (Å²) in [6, 6.07) is 3.90. The van der Waals surface area contributed by atoms with Crippen LogP contribution in [0.1, 0.15) is 31.6 Å². The van der Waals surface area contributed by atoms with Crippen LogP contribution in [-0.2, 0) is 0 Å². The third-order valence-electron chi connectivity index (χ3n) is 2.76. The average molecular weight is 297 g/mol. The minimum Gasteiger partial charge on any atom is -0.334 e. The molecule has 0 spiro atoms. The lowest BCUT2D eigenvalue weighted by Crippen LogP contribution is -2.11. The van der Waals surface area contributed by atoms with Crippen molar-refractivity contribution in [2.75, 3.05) is 0 Å². The smallest absolute Gasteiger partial charge is 0.283 e. The van der Waals surface area contributed by atoms with Crippen LogP contribution in [0.25, 0.3) is 11.5 Å². The van der Waals surface area contributed by atoms with Crippen LogP contribution in [0, 0.1) is 10.1 Å². The first-order chi connectivity index (χ1) is 9.52. The van der Waals surface area contributed by atoms with Gasteiger partial charge in [-0.15, -0.1) is 0 Å². The van der Waals surface area contributed by atoms with E-state index < -0.39 is 4.92 Å². The zero-order valence-electron chi connectivity index (χ0n) is 10.7. The summed E-state index contributed by atoms with van der Waals surface area (Å²) in [4.78, 5) is 14.6. The van der Waals surface area contributed by atoms with Gasteiger partial charge in [0.25, 0.3) is 11.6 Å². The lowest BCUT2D eigenvalue weighted by molar-refractivity contribution is -0.384. The highest BCUT2D eigenvalue weighted by Crippen LogP contribution is 2.31. The molecule has 1 atom stereocenters. The van der Waals surface area contributed by atoms with Crippen molar-refractivity contribution < 1.29 is 9.45 Å². The number of hydrogen-bond acceptors (Lipinski definition) is 6. The molecule has 2 aromatic rings. The van der Waals surface area contributed by atoms with Gasteiger partial charge in [-0.3, -0.25) is 10.1 Å². The van der Waals surface area contributed by atoms with Crippen molar-refractivity contribution in [2.45, 2.75) is 25.8 Å². The van der Waals surface area contributed by atoms with Crippen LogP contribution in [0.15, 0.2) is 22.7 Å². The Morgan fingerprint density at radius 1 is 1.55 bits per heavy atom. The quantitative estimate of drug-likeness (QED) is 0.671. The molecule has 106 valence electrons. The summed E-state index contributed by atoms with van der Waals surface area (Å²) in [6.07, 6.45) is 1.59. The van der Waals surface area contributed by atoms with Gasteiger partial charge in [-0.2, -0.15) is 4.98 Å². The van der Waals surface area contributed by atoms with Gasteiger partial charge in [0.15, 0.2) is 5.82 Å². The van der Waals surface area contributed by atoms with Crippen molar-refractivity contribution in [3.8, 4) is 11.5 Å². The van der Waals surface area contributed by atoms with Crippen LogP contribution in [-0.4, -0.2) is 15.1 Å². The van der Waals surface area contributed by atoms with Crippen LogP contribution < -0.4 is 5.73 Å². The van der Waals surface area contributed by atoms with E-state index in [9.17, 15) is 10.1 Å². The monoisotopic (exact) mass is 296 g/mol. The summed E-state index contributed by atoms with van der Waals surface area (Å²) < 4.78 is 5.06. The number of nitrogens with two attached hydrogens (primary N) is 1. The van der Waals surface area contributed by atoms with Gasteiger partial charge in [-0.25, -0.2) is 0 Å². The Morgan fingerprint density at radius 3 is 2.95 bits per heavy atom. The normalized spacial score (nSPS) is 12.3. The minimum atomic E-state index is -0.545. The Kier molecular flexibility index (Phi) is 4.31. The Balaban J connectivity index is 2.40. The lowest BCUT2D eigenvalue weighted by atomic mass is 10.1. The van der Waals surface area contributed by atoms with Crippen molar-refractivity contribution in [1.29, 1.82) is 0 Å². The van der Waals surface area contributed by atoms with Crippen LogP contribution in [0.3, 0.4) is 0 Å². The molecule has 0 aliphatic rings. The third-order valence-corrected chi connectivity index (χ3v) is 3.00. The first kappa shape index (κ1) is 14.4. The fourth-order valence-corrected chi connectivity index (χ4v) is 1.94. The molecule has 1 aromatic carbocycles. The number of nitrogens with zero attached hydrogens (tertiary/aromatic N) is 3. The number of benzene rings is 1. The fourth-order valence-electron chi connectivity index (χ4n) is 1.77. The number of rotatable bonds is 5. The van der Waals surface area contributed by atoms with Crippen molar-refractivity contribution in [2.24, 2.45) is 5.73 Å². The molecule has 1 aromatic heterocycles. The first-order valence-corrected chi connectivity index (χ1v) is 6.44. The van der Waals surface area contributed by atoms with Gasteiger partial charge in [0.05, 0.1) is 11.0 Å². The maximum atomic E-state index is 11.0. The topological polar surface area (TPSA) is 108 Å². The van der Waals surface area contributed by atoms with Crippen LogP contribution in [0.4, 0.5) is 5.69 Å². The number of aromatic nitrogens is 2. The Labute approximate surface area is 119 Å². The van der Waals surface area contributed by atoms with Crippen molar-refractivity contribution in [1.82, 2.24) is 10.1 Å². The highest BCUT2D eigenvalue weighted by Gasteiger charge is 2.22. The summed E-state index contributed by atoms with van der Waals surface area (Å²) in [6.45, 7) is 1.99. The van der Waals surface area contributed by atoms with Gasteiger partial charge in [0.1, 0.15) is 5.56 Å². The Bertz CT molecular complexity index is 629. The van der Waals surface area contributed by atoms with E-state index in [4.69, 9.17) is 21.9 Å². The molecular formula is C12H13ClN4O3. The van der Waals surface area contributed by atoms with E-state index in [1.54, 1.807) is 0 Å². The van der Waals surface area contributed by atoms with E-state index in [0.29, 0.717) is 12.2 Å². The number of nitro benzene ring substituents is 1. The molecule has 8 heteroatoms. The van der Waals surface area contributed by atoms with Crippen molar-refractivity contribution in [3.05, 3.63) is 39.2 Å². The highest BCUT2D eigenvalue weighted by molar-refractivity contribution is 6.30. The zero-order chi connectivity index (χ0) is 14.7. The maximum Gasteiger partial charge on any atom is 0.283 e. The van der Waals surface area contributed by atoms with E-state index in [2.05, 4.69) is 10.1 Å².